The van der Waals surface area contributed by atoms with Gasteiger partial charge in [-0.3, -0.25) is 10.3 Å². The highest BCUT2D eigenvalue weighted by atomic mass is 15.0. The van der Waals surface area contributed by atoms with E-state index in [2.05, 4.69) is 17.2 Å². The monoisotopic (exact) mass is 123 g/mol. The molecule has 0 aromatic heterocycles. The van der Waals surface area contributed by atoms with E-state index >= 15 is 0 Å². The highest BCUT2D eigenvalue weighted by molar-refractivity contribution is 5.86. The van der Waals surface area contributed by atoms with Crippen LogP contribution >= 0.6 is 0 Å². The average molecular weight is 123 g/mol. The lowest BCUT2D eigenvalue weighted by Crippen LogP contribution is -2.21. The van der Waals surface area contributed by atoms with Crippen LogP contribution in [-0.2, 0) is 0 Å². The summed E-state index contributed by atoms with van der Waals surface area (Å²) in [5.41, 5.74) is 0. The maximum absolute atomic E-state index is 8.20. The largest absolute Gasteiger partial charge is 0.280 e. The van der Waals surface area contributed by atoms with Crippen LogP contribution in [0.3, 0.4) is 0 Å². The molecule has 1 aliphatic rings. The Hall–Kier alpha value is -1.04. The van der Waals surface area contributed by atoms with Crippen LogP contribution < -0.4 is 5.32 Å². The van der Waals surface area contributed by atoms with Crippen molar-refractivity contribution in [2.75, 3.05) is 6.54 Å². The Balaban J connectivity index is 2.50. The maximum Gasteiger partial charge on any atom is 0.182 e. The molecule has 0 bridgehead atoms. The van der Waals surface area contributed by atoms with Gasteiger partial charge in [0.2, 0.25) is 0 Å². The van der Waals surface area contributed by atoms with Gasteiger partial charge < -0.3 is 0 Å². The highest BCUT2D eigenvalue weighted by Gasteiger charge is 2.14. The van der Waals surface area contributed by atoms with Gasteiger partial charge in [-0.25, -0.2) is 0 Å². The van der Waals surface area contributed by atoms with Crippen LogP contribution in [0, 0.1) is 17.4 Å². The smallest absolute Gasteiger partial charge is 0.182 e. The van der Waals surface area contributed by atoms with Crippen LogP contribution in [0.15, 0.2) is 4.99 Å². The van der Waals surface area contributed by atoms with Gasteiger partial charge in [0.15, 0.2) is 6.19 Å². The average Bonchev–Trinajstić information content (AvgIpc) is 2.18. The lowest BCUT2D eigenvalue weighted by atomic mass is 10.1. The molecule has 0 radical (unpaired) electrons. The Kier molecular flexibility index (Phi) is 1.69. The minimum atomic E-state index is 0.449. The van der Waals surface area contributed by atoms with Crippen LogP contribution in [0.2, 0.25) is 0 Å². The minimum Gasteiger partial charge on any atom is -0.280 e. The van der Waals surface area contributed by atoms with Gasteiger partial charge in [0.1, 0.15) is 5.84 Å². The number of amidine groups is 1. The van der Waals surface area contributed by atoms with Gasteiger partial charge in [-0.2, -0.15) is 5.26 Å². The van der Waals surface area contributed by atoms with Crippen molar-refractivity contribution in [2.45, 2.75) is 13.3 Å². The second-order valence-electron chi connectivity index (χ2n) is 2.19. The van der Waals surface area contributed by atoms with Gasteiger partial charge in [-0.1, -0.05) is 6.92 Å². The fraction of sp³-hybridized carbons (Fsp3) is 0.667. The first-order valence-corrected chi connectivity index (χ1v) is 3.04. The van der Waals surface area contributed by atoms with Crippen LogP contribution in [0.5, 0.6) is 0 Å². The Morgan fingerprint density at radius 3 is 3.11 bits per heavy atom. The van der Waals surface area contributed by atoms with Crippen LogP contribution in [0.1, 0.15) is 13.3 Å². The van der Waals surface area contributed by atoms with E-state index in [4.69, 9.17) is 5.26 Å². The molecule has 0 fully saturated rings. The number of nitrogens with one attached hydrogen (secondary N) is 1. The molecule has 0 saturated carbocycles. The second-order valence-corrected chi connectivity index (χ2v) is 2.19. The van der Waals surface area contributed by atoms with Crippen molar-refractivity contribution in [3.63, 3.8) is 0 Å². The van der Waals surface area contributed by atoms with Crippen LogP contribution in [0.4, 0.5) is 0 Å². The van der Waals surface area contributed by atoms with E-state index in [-0.39, 0.29) is 0 Å². The van der Waals surface area contributed by atoms with Gasteiger partial charge >= 0.3 is 0 Å². The first-order valence-electron chi connectivity index (χ1n) is 3.04. The molecule has 0 aromatic rings. The van der Waals surface area contributed by atoms with Gasteiger partial charge in [0, 0.05) is 12.5 Å². The van der Waals surface area contributed by atoms with E-state index in [1.54, 1.807) is 0 Å². The standard InChI is InChI=1S/C6H9N3/c1-5-2-3-8-6(5)9-4-7/h5H,2-3H2,1H3,(H,8,9). The summed E-state index contributed by atoms with van der Waals surface area (Å²) in [4.78, 5) is 4.09. The Labute approximate surface area is 54.4 Å². The lowest BCUT2D eigenvalue weighted by molar-refractivity contribution is 0.740. The quantitative estimate of drug-likeness (QED) is 0.376. The Bertz CT molecular complexity index is 166. The molecule has 1 heterocycles. The molecule has 0 aliphatic carbocycles. The van der Waals surface area contributed by atoms with Crippen molar-refractivity contribution in [3.05, 3.63) is 0 Å². The molecule has 1 aliphatic heterocycles. The molecule has 48 valence electrons. The van der Waals surface area contributed by atoms with Crippen LogP contribution in [0.25, 0.3) is 0 Å². The highest BCUT2D eigenvalue weighted by Crippen LogP contribution is 2.09. The summed E-state index contributed by atoms with van der Waals surface area (Å²) in [5.74, 6) is 1.29. The van der Waals surface area contributed by atoms with E-state index in [1.165, 1.54) is 0 Å². The van der Waals surface area contributed by atoms with Gasteiger partial charge in [0.25, 0.3) is 0 Å². The van der Waals surface area contributed by atoms with Crippen molar-refractivity contribution >= 4 is 5.84 Å². The number of aliphatic imine (C=N–C) groups is 1. The number of hydrogen-bond donors (Lipinski definition) is 1. The van der Waals surface area contributed by atoms with Gasteiger partial charge in [0.05, 0.1) is 0 Å². The zero-order valence-electron chi connectivity index (χ0n) is 5.39. The molecule has 0 amide bonds. The molecule has 1 unspecified atom stereocenters. The zero-order valence-corrected chi connectivity index (χ0v) is 5.39. The summed E-state index contributed by atoms with van der Waals surface area (Å²) in [6.45, 7) is 2.93. The third kappa shape index (κ3) is 1.20. The fourth-order valence-electron chi connectivity index (χ4n) is 0.891. The molecular formula is C6H9N3. The zero-order chi connectivity index (χ0) is 6.69. The molecule has 0 aromatic carbocycles. The van der Waals surface area contributed by atoms with Crippen molar-refractivity contribution in [1.29, 1.82) is 5.26 Å². The van der Waals surface area contributed by atoms with Crippen molar-refractivity contribution in [1.82, 2.24) is 5.32 Å². The van der Waals surface area contributed by atoms with E-state index in [9.17, 15) is 0 Å². The molecular weight excluding hydrogens is 114 g/mol. The first kappa shape index (κ1) is 6.09. The summed E-state index contributed by atoms with van der Waals surface area (Å²) in [7, 11) is 0. The third-order valence-electron chi connectivity index (χ3n) is 1.50. The number of hydrogen-bond acceptors (Lipinski definition) is 3. The van der Waals surface area contributed by atoms with Gasteiger partial charge in [-0.15, -0.1) is 0 Å². The predicted octanol–water partition coefficient (Wildman–Crippen LogP) is 0.495. The summed E-state index contributed by atoms with van der Waals surface area (Å²) >= 11 is 0. The lowest BCUT2D eigenvalue weighted by Gasteiger charge is -2.00. The van der Waals surface area contributed by atoms with Gasteiger partial charge in [-0.05, 0) is 6.42 Å². The summed E-state index contributed by atoms with van der Waals surface area (Å²) in [6.07, 6.45) is 2.93. The molecule has 9 heavy (non-hydrogen) atoms. The van der Waals surface area contributed by atoms with Crippen molar-refractivity contribution < 1.29 is 0 Å². The molecule has 1 rings (SSSR count). The SMILES string of the molecule is CC1CCN=C1NC#N. The van der Waals surface area contributed by atoms with E-state index < -0.39 is 0 Å². The van der Waals surface area contributed by atoms with E-state index in [0.29, 0.717) is 5.92 Å². The van der Waals surface area contributed by atoms with Crippen LogP contribution in [-0.4, -0.2) is 12.4 Å². The molecule has 1 atom stereocenters. The van der Waals surface area contributed by atoms with Crippen molar-refractivity contribution in [3.8, 4) is 6.19 Å². The topological polar surface area (TPSA) is 48.2 Å². The summed E-state index contributed by atoms with van der Waals surface area (Å²) in [6, 6.07) is 0. The first-order chi connectivity index (χ1) is 4.34. The molecule has 1 N–H and O–H groups in total. The Morgan fingerprint density at radius 2 is 2.67 bits per heavy atom. The predicted molar refractivity (Wildman–Crippen MR) is 34.8 cm³/mol. The van der Waals surface area contributed by atoms with E-state index in [0.717, 1.165) is 18.8 Å². The molecule has 0 spiro atoms. The summed E-state index contributed by atoms with van der Waals surface area (Å²) in [5, 5.41) is 10.8. The van der Waals surface area contributed by atoms with Crippen molar-refractivity contribution in [2.24, 2.45) is 10.9 Å². The molecule has 3 heteroatoms. The minimum absolute atomic E-state index is 0.449. The number of nitrogens with zero attached hydrogens (tertiary/aromatic N) is 2. The normalized spacial score (nSPS) is 24.9. The number of nitriles is 1. The molecule has 3 nitrogen and oxygen atoms in total. The number of rotatable bonds is 0. The fourth-order valence-corrected chi connectivity index (χ4v) is 0.891. The second kappa shape index (κ2) is 2.49. The third-order valence-corrected chi connectivity index (χ3v) is 1.50. The maximum atomic E-state index is 8.20. The molecule has 0 saturated heterocycles. The van der Waals surface area contributed by atoms with E-state index in [1.807, 2.05) is 6.19 Å². The summed E-state index contributed by atoms with van der Waals surface area (Å²) < 4.78 is 0. The Morgan fingerprint density at radius 1 is 1.89 bits per heavy atom.